The van der Waals surface area contributed by atoms with E-state index in [1.807, 2.05) is 32.1 Å². The van der Waals surface area contributed by atoms with E-state index in [1.165, 1.54) is 6.21 Å². The molecule has 0 amide bonds. The van der Waals surface area contributed by atoms with Gasteiger partial charge in [-0.25, -0.2) is 0 Å². The molecule has 0 bridgehead atoms. The van der Waals surface area contributed by atoms with E-state index >= 15 is 0 Å². The van der Waals surface area contributed by atoms with Crippen LogP contribution in [0.15, 0.2) is 40.2 Å². The third-order valence-electron chi connectivity index (χ3n) is 3.41. The molecule has 0 spiro atoms. The molecular formula is C15H20N2O2. The predicted octanol–water partition coefficient (Wildman–Crippen LogP) is 2.43. The molecule has 0 aliphatic heterocycles. The van der Waals surface area contributed by atoms with Crippen molar-refractivity contribution in [1.29, 1.82) is 0 Å². The van der Waals surface area contributed by atoms with Crippen molar-refractivity contribution in [2.24, 2.45) is 16.1 Å². The fraction of sp³-hybridized carbons (Fsp3) is 0.467. The third kappa shape index (κ3) is 3.20. The average Bonchev–Trinajstić information content (AvgIpc) is 2.28. The molecule has 0 fully saturated rings. The molecule has 0 saturated carbocycles. The number of ketones is 1. The Hall–Kier alpha value is -1.68. The van der Waals surface area contributed by atoms with Gasteiger partial charge in [-0.3, -0.25) is 9.79 Å². The van der Waals surface area contributed by atoms with Crippen LogP contribution in [0, 0.1) is 5.41 Å². The zero-order valence-electron chi connectivity index (χ0n) is 11.4. The summed E-state index contributed by atoms with van der Waals surface area (Å²) in [6.45, 7) is 3.94. The van der Waals surface area contributed by atoms with Crippen LogP contribution >= 0.6 is 0 Å². The molecule has 0 heterocycles. The van der Waals surface area contributed by atoms with Crippen molar-refractivity contribution in [2.75, 3.05) is 0 Å². The minimum absolute atomic E-state index is 0.0574. The monoisotopic (exact) mass is 260 g/mol. The van der Waals surface area contributed by atoms with Crippen LogP contribution in [0.4, 0.5) is 0 Å². The third-order valence-corrected chi connectivity index (χ3v) is 3.41. The van der Waals surface area contributed by atoms with E-state index in [0.29, 0.717) is 18.4 Å². The zero-order valence-corrected chi connectivity index (χ0v) is 11.4. The molecule has 0 aromatic carbocycles. The van der Waals surface area contributed by atoms with E-state index in [2.05, 4.69) is 4.99 Å². The van der Waals surface area contributed by atoms with Gasteiger partial charge in [0.2, 0.25) is 0 Å². The Morgan fingerprint density at radius 3 is 2.84 bits per heavy atom. The number of nitrogens with zero attached hydrogens (tertiary/aromatic N) is 1. The minimum Gasteiger partial charge on any atom is -0.511 e. The first-order valence-corrected chi connectivity index (χ1v) is 6.51. The van der Waals surface area contributed by atoms with Crippen LogP contribution in [-0.4, -0.2) is 23.1 Å². The number of carbonyl (C=O) groups excluding carboxylic acids is 1. The molecule has 0 aromatic heterocycles. The van der Waals surface area contributed by atoms with Crippen LogP contribution in [0.5, 0.6) is 0 Å². The Bertz CT molecular complexity index is 510. The van der Waals surface area contributed by atoms with Gasteiger partial charge in [-0.15, -0.1) is 0 Å². The molecule has 0 radical (unpaired) electrons. The molecule has 2 aliphatic rings. The van der Waals surface area contributed by atoms with Crippen molar-refractivity contribution < 1.29 is 9.90 Å². The lowest BCUT2D eigenvalue weighted by Gasteiger charge is -2.28. The first-order valence-electron chi connectivity index (χ1n) is 6.51. The lowest BCUT2D eigenvalue weighted by atomic mass is 9.77. The van der Waals surface area contributed by atoms with Crippen LogP contribution in [-0.2, 0) is 4.79 Å². The molecule has 3 N–H and O–H groups in total. The second-order valence-corrected chi connectivity index (χ2v) is 5.92. The Morgan fingerprint density at radius 1 is 1.47 bits per heavy atom. The van der Waals surface area contributed by atoms with Crippen molar-refractivity contribution in [1.82, 2.24) is 0 Å². The highest BCUT2D eigenvalue weighted by Gasteiger charge is 2.32. The molecule has 1 unspecified atom stereocenters. The van der Waals surface area contributed by atoms with Crippen LogP contribution in [0.1, 0.15) is 33.1 Å². The van der Waals surface area contributed by atoms with E-state index in [0.717, 1.165) is 12.1 Å². The molecular weight excluding hydrogens is 240 g/mol. The number of aliphatic imine (C=N–C) groups is 1. The second-order valence-electron chi connectivity index (χ2n) is 5.92. The van der Waals surface area contributed by atoms with Crippen LogP contribution in [0.25, 0.3) is 0 Å². The maximum Gasteiger partial charge on any atom is 0.168 e. The van der Waals surface area contributed by atoms with Crippen molar-refractivity contribution >= 4 is 12.0 Å². The Labute approximate surface area is 113 Å². The van der Waals surface area contributed by atoms with Gasteiger partial charge in [-0.1, -0.05) is 26.0 Å². The molecule has 2 rings (SSSR count). The SMILES string of the molecule is CC1(C)CC(=O)C(C=NC2=CC=CCC2N)=C(O)C1. The molecule has 4 heteroatoms. The number of aliphatic hydroxyl groups excluding tert-OH is 1. The standard InChI is InChI=1S/C15H20N2O2/c1-15(2)7-13(18)10(14(19)8-15)9-17-12-6-4-3-5-11(12)16/h3-4,6,9,11,18H,5,7-8,16H2,1-2H3. The molecule has 0 saturated heterocycles. The molecule has 19 heavy (non-hydrogen) atoms. The average molecular weight is 260 g/mol. The number of hydrogen-bond donors (Lipinski definition) is 2. The molecule has 2 aliphatic carbocycles. The van der Waals surface area contributed by atoms with Gasteiger partial charge in [0.25, 0.3) is 0 Å². The largest absolute Gasteiger partial charge is 0.511 e. The van der Waals surface area contributed by atoms with Crippen LogP contribution in [0.3, 0.4) is 0 Å². The van der Waals surface area contributed by atoms with Crippen LogP contribution < -0.4 is 5.73 Å². The quantitative estimate of drug-likeness (QED) is 0.749. The van der Waals surface area contributed by atoms with Gasteiger partial charge in [-0.05, 0) is 17.9 Å². The van der Waals surface area contributed by atoms with E-state index in [9.17, 15) is 9.90 Å². The van der Waals surface area contributed by atoms with E-state index in [4.69, 9.17) is 5.73 Å². The zero-order chi connectivity index (χ0) is 14.0. The number of hydrogen-bond acceptors (Lipinski definition) is 4. The number of rotatable bonds is 2. The molecule has 0 aromatic rings. The molecule has 1 atom stereocenters. The van der Waals surface area contributed by atoms with Crippen molar-refractivity contribution in [3.05, 3.63) is 35.3 Å². The highest BCUT2D eigenvalue weighted by atomic mass is 16.3. The smallest absolute Gasteiger partial charge is 0.168 e. The summed E-state index contributed by atoms with van der Waals surface area (Å²) in [5.74, 6) is 0.0727. The number of allylic oxidation sites excluding steroid dienone is 4. The normalized spacial score (nSPS) is 27.0. The van der Waals surface area contributed by atoms with Gasteiger partial charge in [0.1, 0.15) is 5.76 Å². The first kappa shape index (κ1) is 13.7. The Morgan fingerprint density at radius 2 is 2.21 bits per heavy atom. The summed E-state index contributed by atoms with van der Waals surface area (Å²) in [7, 11) is 0. The van der Waals surface area contributed by atoms with E-state index in [-0.39, 0.29) is 23.0 Å². The summed E-state index contributed by atoms with van der Waals surface area (Å²) in [6.07, 6.45) is 8.85. The van der Waals surface area contributed by atoms with E-state index < -0.39 is 0 Å². The van der Waals surface area contributed by atoms with Gasteiger partial charge in [-0.2, -0.15) is 0 Å². The topological polar surface area (TPSA) is 75.7 Å². The van der Waals surface area contributed by atoms with Crippen molar-refractivity contribution in [3.63, 3.8) is 0 Å². The highest BCUT2D eigenvalue weighted by Crippen LogP contribution is 2.35. The van der Waals surface area contributed by atoms with Gasteiger partial charge in [0.05, 0.1) is 17.3 Å². The number of nitrogens with two attached hydrogens (primary N) is 1. The minimum atomic E-state index is -0.179. The van der Waals surface area contributed by atoms with Crippen LogP contribution in [0.2, 0.25) is 0 Å². The fourth-order valence-corrected chi connectivity index (χ4v) is 2.36. The Kier molecular flexibility index (Phi) is 3.71. The number of aliphatic hydroxyl groups is 1. The summed E-state index contributed by atoms with van der Waals surface area (Å²) in [5, 5.41) is 9.97. The number of carbonyl (C=O) groups is 1. The lowest BCUT2D eigenvalue weighted by Crippen LogP contribution is -2.27. The first-order chi connectivity index (χ1) is 8.89. The predicted molar refractivity (Wildman–Crippen MR) is 76.0 cm³/mol. The van der Waals surface area contributed by atoms with Gasteiger partial charge in [0, 0.05) is 19.1 Å². The van der Waals surface area contributed by atoms with Crippen molar-refractivity contribution in [2.45, 2.75) is 39.2 Å². The summed E-state index contributed by atoms with van der Waals surface area (Å²) in [4.78, 5) is 16.3. The Balaban J connectivity index is 2.21. The van der Waals surface area contributed by atoms with Gasteiger partial charge >= 0.3 is 0 Å². The summed E-state index contributed by atoms with van der Waals surface area (Å²) >= 11 is 0. The van der Waals surface area contributed by atoms with Crippen molar-refractivity contribution in [3.8, 4) is 0 Å². The molecule has 4 nitrogen and oxygen atoms in total. The summed E-state index contributed by atoms with van der Waals surface area (Å²) < 4.78 is 0. The maximum atomic E-state index is 12.0. The highest BCUT2D eigenvalue weighted by molar-refractivity contribution is 6.14. The lowest BCUT2D eigenvalue weighted by molar-refractivity contribution is -0.117. The fourth-order valence-electron chi connectivity index (χ4n) is 2.36. The van der Waals surface area contributed by atoms with Gasteiger partial charge < -0.3 is 10.8 Å². The molecule has 102 valence electrons. The summed E-state index contributed by atoms with van der Waals surface area (Å²) in [5.41, 5.74) is 6.79. The number of Topliss-reactive ketones (excluding diaryl/α,β-unsaturated/α-hetero) is 1. The van der Waals surface area contributed by atoms with Gasteiger partial charge in [0.15, 0.2) is 5.78 Å². The van der Waals surface area contributed by atoms with E-state index in [1.54, 1.807) is 0 Å². The second kappa shape index (κ2) is 5.13. The summed E-state index contributed by atoms with van der Waals surface area (Å²) in [6, 6.07) is -0.140. The maximum absolute atomic E-state index is 12.0.